The largest absolute Gasteiger partial charge is 0.315 e. The summed E-state index contributed by atoms with van der Waals surface area (Å²) in [5.74, 6) is 1.91. The number of sulfonamides is 1. The highest BCUT2D eigenvalue weighted by atomic mass is 32.2. The predicted octanol–water partition coefficient (Wildman–Crippen LogP) is 0.619. The topological polar surface area (TPSA) is 67.2 Å². The molecule has 114 valence electrons. The first kappa shape index (κ1) is 15.8. The van der Waals surface area contributed by atoms with E-state index in [0.717, 1.165) is 31.0 Å². The van der Waals surface area contributed by atoms with Crippen LogP contribution in [0.15, 0.2) is 17.3 Å². The molecule has 0 saturated carbocycles. The Labute approximate surface area is 125 Å². The third kappa shape index (κ3) is 3.55. The van der Waals surface area contributed by atoms with Crippen molar-refractivity contribution in [1.29, 1.82) is 0 Å². The van der Waals surface area contributed by atoms with Crippen molar-refractivity contribution in [2.45, 2.75) is 30.8 Å². The number of nitrogens with one attached hydrogen (secondary N) is 1. The fourth-order valence-electron chi connectivity index (χ4n) is 2.14. The maximum atomic E-state index is 12.5. The fraction of sp³-hybridized carbons (Fsp3) is 0.750. The second-order valence-corrected chi connectivity index (χ2v) is 7.98. The molecule has 1 aromatic rings. The summed E-state index contributed by atoms with van der Waals surface area (Å²) in [5, 5.41) is 7.32. The summed E-state index contributed by atoms with van der Waals surface area (Å²) in [6.07, 6.45) is 3.99. The minimum Gasteiger partial charge on any atom is -0.315 e. The van der Waals surface area contributed by atoms with Crippen molar-refractivity contribution >= 4 is 21.8 Å². The van der Waals surface area contributed by atoms with Crippen molar-refractivity contribution in [2.75, 3.05) is 31.6 Å². The number of hydrogen-bond donors (Lipinski definition) is 1. The molecule has 1 aliphatic heterocycles. The first-order valence-electron chi connectivity index (χ1n) is 6.84. The van der Waals surface area contributed by atoms with E-state index in [1.807, 2.05) is 6.92 Å². The van der Waals surface area contributed by atoms with E-state index in [2.05, 4.69) is 10.4 Å². The molecular formula is C12H22N4O2S2. The van der Waals surface area contributed by atoms with Gasteiger partial charge in [-0.2, -0.15) is 21.2 Å². The monoisotopic (exact) mass is 318 g/mol. The van der Waals surface area contributed by atoms with Crippen LogP contribution in [-0.4, -0.2) is 60.2 Å². The van der Waals surface area contributed by atoms with E-state index in [0.29, 0.717) is 6.54 Å². The van der Waals surface area contributed by atoms with E-state index < -0.39 is 10.0 Å². The number of aromatic nitrogens is 2. The molecule has 0 aromatic carbocycles. The number of likely N-dealkylation sites (N-methyl/N-ethyl adjacent to an activating group) is 1. The molecule has 0 bridgehead atoms. The van der Waals surface area contributed by atoms with Crippen LogP contribution in [0.25, 0.3) is 0 Å². The van der Waals surface area contributed by atoms with Gasteiger partial charge in [-0.3, -0.25) is 4.68 Å². The van der Waals surface area contributed by atoms with Crippen molar-refractivity contribution < 1.29 is 8.42 Å². The molecule has 0 spiro atoms. The van der Waals surface area contributed by atoms with Crippen molar-refractivity contribution in [3.05, 3.63) is 12.4 Å². The Hall–Kier alpha value is -0.570. The Kier molecular flexibility index (Phi) is 5.48. The van der Waals surface area contributed by atoms with Crippen LogP contribution in [0.1, 0.15) is 13.3 Å². The van der Waals surface area contributed by atoms with E-state index in [1.54, 1.807) is 29.7 Å². The van der Waals surface area contributed by atoms with Gasteiger partial charge < -0.3 is 5.32 Å². The van der Waals surface area contributed by atoms with Gasteiger partial charge in [0, 0.05) is 31.6 Å². The summed E-state index contributed by atoms with van der Waals surface area (Å²) in [6, 6.07) is 0.107. The first-order valence-corrected chi connectivity index (χ1v) is 9.44. The fourth-order valence-corrected chi connectivity index (χ4v) is 4.84. The van der Waals surface area contributed by atoms with E-state index in [-0.39, 0.29) is 10.9 Å². The first-order chi connectivity index (χ1) is 9.55. The van der Waals surface area contributed by atoms with Gasteiger partial charge in [-0.05, 0) is 18.7 Å². The predicted molar refractivity (Wildman–Crippen MR) is 81.4 cm³/mol. The van der Waals surface area contributed by atoms with E-state index in [9.17, 15) is 8.42 Å². The van der Waals surface area contributed by atoms with Crippen LogP contribution in [0, 0.1) is 0 Å². The molecule has 20 heavy (non-hydrogen) atoms. The molecule has 6 nitrogen and oxygen atoms in total. The van der Waals surface area contributed by atoms with Crippen LogP contribution in [0.2, 0.25) is 0 Å². The molecule has 8 heteroatoms. The summed E-state index contributed by atoms with van der Waals surface area (Å²) in [5.41, 5.74) is 0. The highest BCUT2D eigenvalue weighted by molar-refractivity contribution is 7.99. The Morgan fingerprint density at radius 1 is 1.60 bits per heavy atom. The summed E-state index contributed by atoms with van der Waals surface area (Å²) < 4.78 is 28.2. The molecule has 1 aliphatic rings. The zero-order valence-corrected chi connectivity index (χ0v) is 13.6. The van der Waals surface area contributed by atoms with Gasteiger partial charge in [-0.1, -0.05) is 6.92 Å². The average molecular weight is 318 g/mol. The maximum Gasteiger partial charge on any atom is 0.246 e. The summed E-state index contributed by atoms with van der Waals surface area (Å²) in [6.45, 7) is 4.39. The Morgan fingerprint density at radius 3 is 3.05 bits per heavy atom. The molecule has 2 rings (SSSR count). The van der Waals surface area contributed by atoms with Crippen LogP contribution >= 0.6 is 11.8 Å². The average Bonchev–Trinajstić information content (AvgIpc) is 3.09. The number of hydrogen-bond acceptors (Lipinski definition) is 5. The molecule has 0 radical (unpaired) electrons. The summed E-state index contributed by atoms with van der Waals surface area (Å²) in [7, 11) is -1.75. The molecule has 1 unspecified atom stereocenters. The Morgan fingerprint density at radius 2 is 2.40 bits per heavy atom. The van der Waals surface area contributed by atoms with Gasteiger partial charge in [0.2, 0.25) is 10.0 Å². The molecular weight excluding hydrogens is 296 g/mol. The lowest BCUT2D eigenvalue weighted by Gasteiger charge is -2.22. The van der Waals surface area contributed by atoms with Crippen molar-refractivity contribution in [3.8, 4) is 0 Å². The van der Waals surface area contributed by atoms with Crippen LogP contribution in [0.3, 0.4) is 0 Å². The molecule has 1 saturated heterocycles. The lowest BCUT2D eigenvalue weighted by Crippen LogP contribution is -2.36. The SMILES string of the molecule is CCNCCn1cc(S(=O)(=O)N(C)C2CCSC2)cn1. The van der Waals surface area contributed by atoms with Crippen LogP contribution < -0.4 is 5.32 Å². The molecule has 1 N–H and O–H groups in total. The van der Waals surface area contributed by atoms with Crippen LogP contribution in [-0.2, 0) is 16.6 Å². The second-order valence-electron chi connectivity index (χ2n) is 4.83. The minimum atomic E-state index is -3.42. The van der Waals surface area contributed by atoms with Gasteiger partial charge in [0.15, 0.2) is 0 Å². The molecule has 1 fully saturated rings. The molecule has 2 heterocycles. The van der Waals surface area contributed by atoms with E-state index >= 15 is 0 Å². The van der Waals surface area contributed by atoms with Crippen molar-refractivity contribution in [3.63, 3.8) is 0 Å². The molecule has 1 aromatic heterocycles. The van der Waals surface area contributed by atoms with Crippen molar-refractivity contribution in [1.82, 2.24) is 19.4 Å². The molecule has 0 amide bonds. The highest BCUT2D eigenvalue weighted by Crippen LogP contribution is 2.25. The van der Waals surface area contributed by atoms with Gasteiger partial charge in [0.1, 0.15) is 4.90 Å². The number of nitrogens with zero attached hydrogens (tertiary/aromatic N) is 3. The zero-order valence-electron chi connectivity index (χ0n) is 11.9. The third-order valence-electron chi connectivity index (χ3n) is 3.47. The minimum absolute atomic E-state index is 0.107. The Bertz CT molecular complexity index is 523. The molecule has 0 aliphatic carbocycles. The van der Waals surface area contributed by atoms with Gasteiger partial charge in [-0.15, -0.1) is 0 Å². The van der Waals surface area contributed by atoms with Crippen LogP contribution in [0.4, 0.5) is 0 Å². The molecule has 1 atom stereocenters. The normalized spacial score (nSPS) is 19.9. The zero-order chi connectivity index (χ0) is 14.6. The van der Waals surface area contributed by atoms with Crippen molar-refractivity contribution in [2.24, 2.45) is 0 Å². The summed E-state index contributed by atoms with van der Waals surface area (Å²) >= 11 is 1.81. The maximum absolute atomic E-state index is 12.5. The third-order valence-corrected chi connectivity index (χ3v) is 6.48. The smallest absolute Gasteiger partial charge is 0.246 e. The quantitative estimate of drug-likeness (QED) is 0.747. The van der Waals surface area contributed by atoms with E-state index in [4.69, 9.17) is 0 Å². The lowest BCUT2D eigenvalue weighted by atomic mass is 10.3. The Balaban J connectivity index is 2.05. The summed E-state index contributed by atoms with van der Waals surface area (Å²) in [4.78, 5) is 0.286. The highest BCUT2D eigenvalue weighted by Gasteiger charge is 2.31. The standard InChI is InChI=1S/C12H22N4O2S2/c1-3-13-5-6-16-9-12(8-14-16)20(17,18)15(2)11-4-7-19-10-11/h8-9,11,13H,3-7,10H2,1-2H3. The van der Waals surface area contributed by atoms with Gasteiger partial charge >= 0.3 is 0 Å². The number of thioether (sulfide) groups is 1. The number of rotatable bonds is 7. The lowest BCUT2D eigenvalue weighted by molar-refractivity contribution is 0.394. The van der Waals surface area contributed by atoms with Crippen LogP contribution in [0.5, 0.6) is 0 Å². The van der Waals surface area contributed by atoms with Gasteiger partial charge in [0.05, 0.1) is 12.7 Å². The second kappa shape index (κ2) is 6.93. The van der Waals surface area contributed by atoms with Gasteiger partial charge in [-0.25, -0.2) is 8.42 Å². The van der Waals surface area contributed by atoms with Gasteiger partial charge in [0.25, 0.3) is 0 Å². The van der Waals surface area contributed by atoms with E-state index in [1.165, 1.54) is 10.5 Å².